The van der Waals surface area contributed by atoms with Gasteiger partial charge in [0.05, 0.1) is 35.2 Å². The maximum absolute atomic E-state index is 16.6. The lowest BCUT2D eigenvalue weighted by atomic mass is 9.94. The number of alkyl halides is 4. The molecule has 0 saturated carbocycles. The first-order valence-electron chi connectivity index (χ1n) is 14.0. The standard InChI is InChI=1S/C29H27F6N9O2/c1-11-4-18-17(8-38-43-18)19(21(11)29(33,34)35)23-22(32)24-20(27(45)40-23)26(39-12(2)16-6-13(30)7-37-25(16)36)42-28(41-24)46-10-15-5-14(31)9-44(15)3/h4,6-8,12,14-15H,5,9-10H2,1-3H3,(H2,36,37)(H,38,43)(H,40,45)(H,39,41,42)/t12-,14+,15+/m1/s1. The number of nitrogens with zero attached hydrogens (tertiary/aromatic N) is 5. The van der Waals surface area contributed by atoms with Crippen LogP contribution in [0.3, 0.4) is 0 Å². The highest BCUT2D eigenvalue weighted by Gasteiger charge is 2.38. The Morgan fingerprint density at radius 3 is 2.67 bits per heavy atom. The summed E-state index contributed by atoms with van der Waals surface area (Å²) in [6, 6.07) is 0.659. The van der Waals surface area contributed by atoms with Crippen LogP contribution in [0, 0.1) is 18.6 Å². The van der Waals surface area contributed by atoms with Crippen molar-refractivity contribution in [3.05, 3.63) is 63.2 Å². The highest BCUT2D eigenvalue weighted by Crippen LogP contribution is 2.44. The van der Waals surface area contributed by atoms with Gasteiger partial charge >= 0.3 is 12.2 Å². The first-order valence-corrected chi connectivity index (χ1v) is 14.0. The number of nitrogen functional groups attached to an aromatic ring is 1. The minimum atomic E-state index is -4.94. The number of nitrogens with two attached hydrogens (primary N) is 1. The lowest BCUT2D eigenvalue weighted by Gasteiger charge is -2.21. The molecule has 46 heavy (non-hydrogen) atoms. The minimum absolute atomic E-state index is 0.0353. The second-order valence-corrected chi connectivity index (χ2v) is 11.2. The van der Waals surface area contributed by atoms with Gasteiger partial charge in [-0.25, -0.2) is 18.2 Å². The Hall–Kier alpha value is -4.93. The third-order valence-corrected chi connectivity index (χ3v) is 8.04. The van der Waals surface area contributed by atoms with Crippen molar-refractivity contribution < 1.29 is 31.1 Å². The molecule has 4 aromatic heterocycles. The topological polar surface area (TPSA) is 151 Å². The van der Waals surface area contributed by atoms with Crippen LogP contribution in [0.4, 0.5) is 38.0 Å². The van der Waals surface area contributed by atoms with Crippen molar-refractivity contribution in [2.75, 3.05) is 31.2 Å². The van der Waals surface area contributed by atoms with Gasteiger partial charge in [-0.3, -0.25) is 14.8 Å². The van der Waals surface area contributed by atoms with Gasteiger partial charge in [-0.2, -0.15) is 28.2 Å². The summed E-state index contributed by atoms with van der Waals surface area (Å²) < 4.78 is 93.5. The highest BCUT2D eigenvalue weighted by atomic mass is 19.4. The van der Waals surface area contributed by atoms with Crippen molar-refractivity contribution >= 4 is 33.4 Å². The van der Waals surface area contributed by atoms with Crippen LogP contribution in [0.5, 0.6) is 6.01 Å². The number of H-pyrrole nitrogens is 2. The number of aromatic nitrogens is 6. The van der Waals surface area contributed by atoms with Gasteiger partial charge in [0.1, 0.15) is 41.1 Å². The molecule has 17 heteroatoms. The molecule has 0 radical (unpaired) electrons. The Bertz CT molecular complexity index is 2030. The first-order chi connectivity index (χ1) is 21.7. The molecule has 1 fully saturated rings. The second-order valence-electron chi connectivity index (χ2n) is 11.2. The molecule has 0 amide bonds. The monoisotopic (exact) mass is 647 g/mol. The average molecular weight is 648 g/mol. The van der Waals surface area contributed by atoms with E-state index in [0.29, 0.717) is 0 Å². The summed E-state index contributed by atoms with van der Waals surface area (Å²) >= 11 is 0. The molecule has 0 aliphatic carbocycles. The van der Waals surface area contributed by atoms with Crippen LogP contribution < -0.4 is 21.3 Å². The van der Waals surface area contributed by atoms with Gasteiger partial charge in [0.2, 0.25) is 0 Å². The van der Waals surface area contributed by atoms with E-state index in [1.54, 1.807) is 18.9 Å². The molecule has 5 heterocycles. The zero-order valence-electron chi connectivity index (χ0n) is 24.6. The van der Waals surface area contributed by atoms with E-state index in [1.165, 1.54) is 13.0 Å². The summed E-state index contributed by atoms with van der Waals surface area (Å²) in [5.41, 5.74) is 1.77. The van der Waals surface area contributed by atoms with Crippen LogP contribution in [0.25, 0.3) is 33.1 Å². The molecule has 0 unspecified atom stereocenters. The fraction of sp³-hybridized carbons (Fsp3) is 0.345. The van der Waals surface area contributed by atoms with Crippen molar-refractivity contribution in [1.29, 1.82) is 0 Å². The molecule has 11 nitrogen and oxygen atoms in total. The molecule has 1 aliphatic rings. The lowest BCUT2D eigenvalue weighted by Crippen LogP contribution is -2.31. The van der Waals surface area contributed by atoms with Crippen molar-refractivity contribution in [1.82, 2.24) is 35.0 Å². The van der Waals surface area contributed by atoms with E-state index < -0.39 is 69.3 Å². The highest BCUT2D eigenvalue weighted by molar-refractivity contribution is 5.99. The number of likely N-dealkylation sites (N-methyl/N-ethyl adjacent to an activating group) is 1. The number of ether oxygens (including phenoxy) is 1. The number of hydrogen-bond donors (Lipinski definition) is 4. The zero-order valence-corrected chi connectivity index (χ0v) is 24.6. The van der Waals surface area contributed by atoms with Gasteiger partial charge in [0.15, 0.2) is 5.82 Å². The smallest absolute Gasteiger partial charge is 0.417 e. The van der Waals surface area contributed by atoms with E-state index >= 15 is 4.39 Å². The summed E-state index contributed by atoms with van der Waals surface area (Å²) in [5, 5.41) is 8.72. The number of rotatable bonds is 7. The van der Waals surface area contributed by atoms with Gasteiger partial charge in [-0.05, 0) is 45.0 Å². The van der Waals surface area contributed by atoms with Gasteiger partial charge < -0.3 is 20.8 Å². The number of pyridine rings is 2. The number of likely N-dealkylation sites (tertiary alicyclic amines) is 1. The number of anilines is 2. The molecule has 1 saturated heterocycles. The fourth-order valence-corrected chi connectivity index (χ4v) is 5.83. The third kappa shape index (κ3) is 5.54. The normalized spacial score (nSPS) is 18.0. The van der Waals surface area contributed by atoms with Crippen LogP contribution in [0.15, 0.2) is 29.3 Å². The average Bonchev–Trinajstić information content (AvgIpc) is 3.58. The SMILES string of the molecule is Cc1cc2[nH]ncc2c(-c2[nH]c(=O)c3c(N[C@H](C)c4cc(F)cnc4N)nc(OC[C@@H]4C[C@H](F)CN4C)nc3c2F)c1C(F)(F)F. The van der Waals surface area contributed by atoms with Gasteiger partial charge in [-0.1, -0.05) is 0 Å². The van der Waals surface area contributed by atoms with E-state index in [4.69, 9.17) is 10.5 Å². The Morgan fingerprint density at radius 2 is 1.98 bits per heavy atom. The van der Waals surface area contributed by atoms with Crippen molar-refractivity contribution in [3.63, 3.8) is 0 Å². The number of halogens is 6. The maximum atomic E-state index is 16.6. The Kier molecular flexibility index (Phi) is 7.74. The number of aryl methyl sites for hydroxylation is 1. The van der Waals surface area contributed by atoms with Crippen molar-refractivity contribution in [2.24, 2.45) is 0 Å². The summed E-state index contributed by atoms with van der Waals surface area (Å²) in [6.45, 7) is 2.82. The maximum Gasteiger partial charge on any atom is 0.417 e. The lowest BCUT2D eigenvalue weighted by molar-refractivity contribution is -0.137. The molecule has 0 bridgehead atoms. The molecule has 0 spiro atoms. The molecule has 5 aromatic rings. The van der Waals surface area contributed by atoms with Gasteiger partial charge in [0, 0.05) is 29.1 Å². The number of aromatic amines is 2. The van der Waals surface area contributed by atoms with Crippen molar-refractivity contribution in [2.45, 2.75) is 44.7 Å². The van der Waals surface area contributed by atoms with Gasteiger partial charge in [-0.15, -0.1) is 0 Å². The number of nitrogens with one attached hydrogen (secondary N) is 3. The Morgan fingerprint density at radius 1 is 1.22 bits per heavy atom. The Labute approximate surface area is 256 Å². The van der Waals surface area contributed by atoms with E-state index in [0.717, 1.165) is 18.5 Å². The fourth-order valence-electron chi connectivity index (χ4n) is 5.83. The Balaban J connectivity index is 1.55. The van der Waals surface area contributed by atoms with E-state index in [9.17, 15) is 26.7 Å². The first kappa shape index (κ1) is 31.1. The van der Waals surface area contributed by atoms with Crippen LogP contribution >= 0.6 is 0 Å². The quantitative estimate of drug-likeness (QED) is 0.178. The van der Waals surface area contributed by atoms with E-state index in [1.807, 2.05) is 0 Å². The molecule has 1 aliphatic heterocycles. The minimum Gasteiger partial charge on any atom is -0.462 e. The summed E-state index contributed by atoms with van der Waals surface area (Å²) in [7, 11) is 1.70. The molecule has 242 valence electrons. The van der Waals surface area contributed by atoms with Crippen LogP contribution in [-0.4, -0.2) is 67.4 Å². The second kappa shape index (κ2) is 11.5. The summed E-state index contributed by atoms with van der Waals surface area (Å²) in [6.07, 6.45) is -3.86. The summed E-state index contributed by atoms with van der Waals surface area (Å²) in [4.78, 5) is 29.7. The van der Waals surface area contributed by atoms with Crippen LogP contribution in [-0.2, 0) is 6.18 Å². The van der Waals surface area contributed by atoms with Crippen LogP contribution in [0.1, 0.15) is 36.1 Å². The number of benzene rings is 1. The van der Waals surface area contributed by atoms with Gasteiger partial charge in [0.25, 0.3) is 5.56 Å². The predicted octanol–water partition coefficient (Wildman–Crippen LogP) is 5.04. The van der Waals surface area contributed by atoms with E-state index in [2.05, 4.69) is 35.5 Å². The number of fused-ring (bicyclic) bond motifs is 2. The van der Waals surface area contributed by atoms with Crippen LogP contribution in [0.2, 0.25) is 0 Å². The van der Waals surface area contributed by atoms with E-state index in [-0.39, 0.29) is 59.3 Å². The number of hydrogen-bond acceptors (Lipinski definition) is 9. The van der Waals surface area contributed by atoms with Crippen molar-refractivity contribution in [3.8, 4) is 17.3 Å². The molecule has 6 rings (SSSR count). The molecule has 5 N–H and O–H groups in total. The predicted molar refractivity (Wildman–Crippen MR) is 157 cm³/mol. The summed E-state index contributed by atoms with van der Waals surface area (Å²) in [5.74, 6) is -2.31. The molecule has 3 atom stereocenters. The largest absolute Gasteiger partial charge is 0.462 e. The molecular weight excluding hydrogens is 620 g/mol. The molecule has 1 aromatic carbocycles. The third-order valence-electron chi connectivity index (χ3n) is 8.04. The molecular formula is C29H27F6N9O2. The zero-order chi connectivity index (χ0) is 33.1.